The van der Waals surface area contributed by atoms with Gasteiger partial charge in [0.2, 0.25) is 0 Å². The molecule has 4 nitrogen and oxygen atoms in total. The molecule has 4 heteroatoms. The van der Waals surface area contributed by atoms with Crippen molar-refractivity contribution in [2.75, 3.05) is 12.4 Å². The number of aromatic hydroxyl groups is 1. The van der Waals surface area contributed by atoms with E-state index in [0.717, 1.165) is 28.3 Å². The Bertz CT molecular complexity index is 731. The van der Waals surface area contributed by atoms with E-state index in [1.807, 2.05) is 44.3 Å². The molecule has 0 aliphatic rings. The van der Waals surface area contributed by atoms with Crippen LogP contribution in [0.4, 0.5) is 5.82 Å². The van der Waals surface area contributed by atoms with Crippen LogP contribution in [0.25, 0.3) is 11.3 Å². The SMILES string of the molecule is C=C/C=C(\C=C/C)Cc1nc(-c2ccc(O)cc2)cnc1NC. The molecule has 0 aliphatic carbocycles. The normalized spacial score (nSPS) is 11.7. The molecule has 1 aromatic carbocycles. The minimum Gasteiger partial charge on any atom is -0.508 e. The number of allylic oxidation sites excluding steroid dienone is 5. The summed E-state index contributed by atoms with van der Waals surface area (Å²) in [6.07, 6.45) is 10.2. The quantitative estimate of drug-likeness (QED) is 0.788. The molecule has 118 valence electrons. The maximum Gasteiger partial charge on any atom is 0.147 e. The van der Waals surface area contributed by atoms with Gasteiger partial charge in [0.25, 0.3) is 0 Å². The lowest BCUT2D eigenvalue weighted by atomic mass is 10.1. The summed E-state index contributed by atoms with van der Waals surface area (Å²) >= 11 is 0. The predicted octanol–water partition coefficient (Wildman–Crippen LogP) is 4.12. The molecule has 0 atom stereocenters. The van der Waals surface area contributed by atoms with Gasteiger partial charge in [-0.2, -0.15) is 0 Å². The summed E-state index contributed by atoms with van der Waals surface area (Å²) in [6.45, 7) is 5.74. The van der Waals surface area contributed by atoms with E-state index in [1.54, 1.807) is 24.4 Å². The summed E-state index contributed by atoms with van der Waals surface area (Å²) < 4.78 is 0. The van der Waals surface area contributed by atoms with Gasteiger partial charge >= 0.3 is 0 Å². The van der Waals surface area contributed by atoms with Gasteiger partial charge in [-0.05, 0) is 36.8 Å². The van der Waals surface area contributed by atoms with Crippen LogP contribution in [0.3, 0.4) is 0 Å². The summed E-state index contributed by atoms with van der Waals surface area (Å²) in [5.74, 6) is 0.991. The molecule has 0 radical (unpaired) electrons. The number of rotatable bonds is 6. The molecule has 23 heavy (non-hydrogen) atoms. The first kappa shape index (κ1) is 16.5. The van der Waals surface area contributed by atoms with Gasteiger partial charge in [-0.15, -0.1) is 0 Å². The molecule has 0 unspecified atom stereocenters. The number of phenols is 1. The summed E-state index contributed by atoms with van der Waals surface area (Å²) in [4.78, 5) is 9.19. The predicted molar refractivity (Wildman–Crippen MR) is 95.5 cm³/mol. The van der Waals surface area contributed by atoms with Gasteiger partial charge in [0, 0.05) is 19.0 Å². The number of hydrogen-bond acceptors (Lipinski definition) is 4. The van der Waals surface area contributed by atoms with Crippen LogP contribution in [0.2, 0.25) is 0 Å². The molecule has 0 saturated carbocycles. The molecular formula is C19H21N3O. The van der Waals surface area contributed by atoms with Gasteiger partial charge in [0.15, 0.2) is 0 Å². The van der Waals surface area contributed by atoms with Crippen molar-refractivity contribution in [2.45, 2.75) is 13.3 Å². The molecule has 2 N–H and O–H groups in total. The number of phenolic OH excluding ortho intramolecular Hbond substituents is 1. The number of anilines is 1. The van der Waals surface area contributed by atoms with Gasteiger partial charge < -0.3 is 10.4 Å². The Morgan fingerprint density at radius 3 is 2.65 bits per heavy atom. The minimum absolute atomic E-state index is 0.234. The lowest BCUT2D eigenvalue weighted by Crippen LogP contribution is -2.04. The number of hydrogen-bond donors (Lipinski definition) is 2. The summed E-state index contributed by atoms with van der Waals surface area (Å²) in [7, 11) is 1.83. The van der Waals surface area contributed by atoms with E-state index in [2.05, 4.69) is 16.9 Å². The third-order valence-corrected chi connectivity index (χ3v) is 3.33. The van der Waals surface area contributed by atoms with Crippen LogP contribution >= 0.6 is 0 Å². The highest BCUT2D eigenvalue weighted by Crippen LogP contribution is 2.23. The zero-order chi connectivity index (χ0) is 16.7. The van der Waals surface area contributed by atoms with Gasteiger partial charge in [0.1, 0.15) is 11.6 Å². The Kier molecular flexibility index (Phi) is 5.69. The molecule has 0 bridgehead atoms. The zero-order valence-electron chi connectivity index (χ0n) is 13.5. The third-order valence-electron chi connectivity index (χ3n) is 3.33. The number of aromatic nitrogens is 2. The fourth-order valence-electron chi connectivity index (χ4n) is 2.26. The second-order valence-corrected chi connectivity index (χ2v) is 5.00. The molecular weight excluding hydrogens is 286 g/mol. The van der Waals surface area contributed by atoms with Crippen molar-refractivity contribution in [3.8, 4) is 17.0 Å². The van der Waals surface area contributed by atoms with Crippen molar-refractivity contribution in [3.05, 3.63) is 72.6 Å². The van der Waals surface area contributed by atoms with Gasteiger partial charge in [0.05, 0.1) is 17.6 Å². The standard InChI is InChI=1S/C19H21N3O/c1-4-6-14(7-5-2)12-17-19(20-3)21-13-18(22-17)15-8-10-16(23)11-9-15/h4-11,13,23H,1,12H2,2-3H3,(H,20,21)/b7-5-,14-6+. The molecule has 2 rings (SSSR count). The van der Waals surface area contributed by atoms with Crippen LogP contribution in [0.15, 0.2) is 66.9 Å². The Balaban J connectivity index is 2.41. The topological polar surface area (TPSA) is 58.0 Å². The van der Waals surface area contributed by atoms with E-state index in [9.17, 15) is 5.11 Å². The highest BCUT2D eigenvalue weighted by molar-refractivity contribution is 5.61. The average Bonchev–Trinajstić information content (AvgIpc) is 2.56. The maximum atomic E-state index is 9.41. The van der Waals surface area contributed by atoms with Crippen molar-refractivity contribution in [3.63, 3.8) is 0 Å². The molecule has 2 aromatic rings. The Labute approximate surface area is 136 Å². The number of benzene rings is 1. The fraction of sp³-hybridized carbons (Fsp3) is 0.158. The molecule has 0 saturated heterocycles. The van der Waals surface area contributed by atoms with Crippen LogP contribution in [0.5, 0.6) is 5.75 Å². The van der Waals surface area contributed by atoms with Crippen LogP contribution in [0, 0.1) is 0 Å². The summed E-state index contributed by atoms with van der Waals surface area (Å²) in [5.41, 5.74) is 3.66. The average molecular weight is 307 g/mol. The van der Waals surface area contributed by atoms with Crippen molar-refractivity contribution in [1.29, 1.82) is 0 Å². The van der Waals surface area contributed by atoms with Gasteiger partial charge in [-0.1, -0.05) is 30.9 Å². The van der Waals surface area contributed by atoms with Crippen LogP contribution in [-0.4, -0.2) is 22.1 Å². The molecule has 0 amide bonds. The Morgan fingerprint density at radius 1 is 1.30 bits per heavy atom. The molecule has 0 fully saturated rings. The molecule has 1 heterocycles. The van der Waals surface area contributed by atoms with E-state index in [4.69, 9.17) is 4.98 Å². The Hall–Kier alpha value is -2.88. The van der Waals surface area contributed by atoms with Crippen molar-refractivity contribution >= 4 is 5.82 Å². The van der Waals surface area contributed by atoms with Crippen LogP contribution < -0.4 is 5.32 Å². The second-order valence-electron chi connectivity index (χ2n) is 5.00. The first-order valence-electron chi connectivity index (χ1n) is 7.45. The van der Waals surface area contributed by atoms with E-state index >= 15 is 0 Å². The smallest absolute Gasteiger partial charge is 0.147 e. The highest BCUT2D eigenvalue weighted by Gasteiger charge is 2.09. The molecule has 1 aromatic heterocycles. The van der Waals surface area contributed by atoms with E-state index in [1.165, 1.54) is 0 Å². The van der Waals surface area contributed by atoms with Crippen LogP contribution in [0.1, 0.15) is 12.6 Å². The summed E-state index contributed by atoms with van der Waals surface area (Å²) in [5, 5.41) is 12.5. The lowest BCUT2D eigenvalue weighted by molar-refractivity contribution is 0.475. The third kappa shape index (κ3) is 4.30. The van der Waals surface area contributed by atoms with Crippen molar-refractivity contribution in [2.24, 2.45) is 0 Å². The fourth-order valence-corrected chi connectivity index (χ4v) is 2.26. The molecule has 0 aliphatic heterocycles. The van der Waals surface area contributed by atoms with Crippen molar-refractivity contribution in [1.82, 2.24) is 9.97 Å². The first-order chi connectivity index (χ1) is 11.2. The highest BCUT2D eigenvalue weighted by atomic mass is 16.3. The Morgan fingerprint density at radius 2 is 2.04 bits per heavy atom. The zero-order valence-corrected chi connectivity index (χ0v) is 13.5. The monoisotopic (exact) mass is 307 g/mol. The van der Waals surface area contributed by atoms with Gasteiger partial charge in [-0.25, -0.2) is 9.97 Å². The van der Waals surface area contributed by atoms with Crippen LogP contribution in [-0.2, 0) is 6.42 Å². The number of nitrogens with one attached hydrogen (secondary N) is 1. The van der Waals surface area contributed by atoms with E-state index in [0.29, 0.717) is 6.42 Å². The summed E-state index contributed by atoms with van der Waals surface area (Å²) in [6, 6.07) is 6.94. The first-order valence-corrected chi connectivity index (χ1v) is 7.45. The number of nitrogens with zero attached hydrogens (tertiary/aromatic N) is 2. The molecule has 0 spiro atoms. The van der Waals surface area contributed by atoms with Crippen molar-refractivity contribution < 1.29 is 5.11 Å². The lowest BCUT2D eigenvalue weighted by Gasteiger charge is -2.10. The van der Waals surface area contributed by atoms with E-state index < -0.39 is 0 Å². The maximum absolute atomic E-state index is 9.41. The van der Waals surface area contributed by atoms with Gasteiger partial charge in [-0.3, -0.25) is 0 Å². The minimum atomic E-state index is 0.234. The second kappa shape index (κ2) is 7.94. The largest absolute Gasteiger partial charge is 0.508 e. The van der Waals surface area contributed by atoms with E-state index in [-0.39, 0.29) is 5.75 Å².